The van der Waals surface area contributed by atoms with Gasteiger partial charge in [-0.2, -0.15) is 0 Å². The third-order valence-electron chi connectivity index (χ3n) is 6.79. The third-order valence-corrected chi connectivity index (χ3v) is 6.79. The van der Waals surface area contributed by atoms with Crippen molar-refractivity contribution < 1.29 is 0 Å². The van der Waals surface area contributed by atoms with E-state index < -0.39 is 0 Å². The SMILES string of the molecule is Cc1nc(C)nc(Cc2ccc3c(c2)-c2ccccc2C3(c2ccccc2)c2ccccc2)n1. The number of aromatic nitrogens is 3. The van der Waals surface area contributed by atoms with Crippen molar-refractivity contribution in [1.82, 2.24) is 15.0 Å². The summed E-state index contributed by atoms with van der Waals surface area (Å²) in [4.78, 5) is 13.5. The molecular weight excluding hydrogens is 414 g/mol. The van der Waals surface area contributed by atoms with Crippen LogP contribution in [0.15, 0.2) is 103 Å². The zero-order valence-corrected chi connectivity index (χ0v) is 19.4. The number of benzene rings is 4. The fourth-order valence-corrected chi connectivity index (χ4v) is 5.55. The summed E-state index contributed by atoms with van der Waals surface area (Å²) in [7, 11) is 0. The quantitative estimate of drug-likeness (QED) is 0.317. The molecule has 1 aliphatic carbocycles. The fourth-order valence-electron chi connectivity index (χ4n) is 5.55. The molecule has 0 saturated heterocycles. The molecule has 0 unspecified atom stereocenters. The Balaban J connectivity index is 1.59. The monoisotopic (exact) mass is 439 g/mol. The minimum Gasteiger partial charge on any atom is -0.219 e. The van der Waals surface area contributed by atoms with Crippen LogP contribution in [0.5, 0.6) is 0 Å². The van der Waals surface area contributed by atoms with Crippen LogP contribution in [0.2, 0.25) is 0 Å². The second-order valence-electron chi connectivity index (χ2n) is 8.93. The molecule has 5 aromatic rings. The van der Waals surface area contributed by atoms with Gasteiger partial charge in [-0.3, -0.25) is 0 Å². The van der Waals surface area contributed by atoms with Gasteiger partial charge in [0, 0.05) is 6.42 Å². The number of hydrogen-bond donors (Lipinski definition) is 0. The van der Waals surface area contributed by atoms with Gasteiger partial charge < -0.3 is 0 Å². The summed E-state index contributed by atoms with van der Waals surface area (Å²) < 4.78 is 0. The lowest BCUT2D eigenvalue weighted by Gasteiger charge is -2.33. The second kappa shape index (κ2) is 8.03. The standard InChI is InChI=1S/C31H25N3/c1-21-32-22(2)34-30(33-21)20-23-17-18-29-27(19-23)26-15-9-10-16-28(26)31(29,24-11-5-3-6-12-24)25-13-7-4-8-14-25/h3-19H,20H2,1-2H3. The van der Waals surface area contributed by atoms with E-state index in [4.69, 9.17) is 0 Å². The zero-order chi connectivity index (χ0) is 23.1. The maximum absolute atomic E-state index is 4.57. The summed E-state index contributed by atoms with van der Waals surface area (Å²) >= 11 is 0. The van der Waals surface area contributed by atoms with Gasteiger partial charge >= 0.3 is 0 Å². The molecule has 0 radical (unpaired) electrons. The number of fused-ring (bicyclic) bond motifs is 3. The van der Waals surface area contributed by atoms with E-state index in [1.165, 1.54) is 38.9 Å². The van der Waals surface area contributed by atoms with Crippen LogP contribution in [0.25, 0.3) is 11.1 Å². The van der Waals surface area contributed by atoms with Gasteiger partial charge in [0.15, 0.2) is 0 Å². The van der Waals surface area contributed by atoms with E-state index in [9.17, 15) is 0 Å². The predicted molar refractivity (Wildman–Crippen MR) is 136 cm³/mol. The van der Waals surface area contributed by atoms with Crippen molar-refractivity contribution in [1.29, 1.82) is 0 Å². The van der Waals surface area contributed by atoms with Crippen LogP contribution in [0.3, 0.4) is 0 Å². The minimum atomic E-state index is -0.354. The lowest BCUT2D eigenvalue weighted by atomic mass is 9.67. The van der Waals surface area contributed by atoms with Crippen LogP contribution >= 0.6 is 0 Å². The Kier molecular flexibility index (Phi) is 4.84. The average Bonchev–Trinajstić information content (AvgIpc) is 3.15. The molecule has 34 heavy (non-hydrogen) atoms. The van der Waals surface area contributed by atoms with Crippen molar-refractivity contribution in [2.75, 3.05) is 0 Å². The first-order valence-corrected chi connectivity index (χ1v) is 11.7. The molecule has 0 aliphatic heterocycles. The van der Waals surface area contributed by atoms with Crippen LogP contribution in [-0.4, -0.2) is 15.0 Å². The van der Waals surface area contributed by atoms with E-state index >= 15 is 0 Å². The summed E-state index contributed by atoms with van der Waals surface area (Å²) in [6.07, 6.45) is 0.684. The van der Waals surface area contributed by atoms with Gasteiger partial charge in [-0.25, -0.2) is 15.0 Å². The molecule has 1 aromatic heterocycles. The predicted octanol–water partition coefficient (Wildman–Crippen LogP) is 6.44. The molecule has 4 aromatic carbocycles. The van der Waals surface area contributed by atoms with Gasteiger partial charge in [0.2, 0.25) is 0 Å². The molecule has 0 N–H and O–H groups in total. The third kappa shape index (κ3) is 3.16. The summed E-state index contributed by atoms with van der Waals surface area (Å²) in [6, 6.07) is 37.5. The number of hydrogen-bond acceptors (Lipinski definition) is 3. The van der Waals surface area contributed by atoms with Crippen molar-refractivity contribution in [3.63, 3.8) is 0 Å². The van der Waals surface area contributed by atoms with Gasteiger partial charge in [-0.1, -0.05) is 103 Å². The highest BCUT2D eigenvalue weighted by molar-refractivity contribution is 5.86. The van der Waals surface area contributed by atoms with Crippen LogP contribution in [-0.2, 0) is 11.8 Å². The largest absolute Gasteiger partial charge is 0.219 e. The Morgan fingerprint density at radius 1 is 0.559 bits per heavy atom. The summed E-state index contributed by atoms with van der Waals surface area (Å²) in [5.41, 5.74) is 8.62. The van der Waals surface area contributed by atoms with Gasteiger partial charge in [0.1, 0.15) is 17.5 Å². The molecular formula is C31H25N3. The molecule has 164 valence electrons. The van der Waals surface area contributed by atoms with Crippen molar-refractivity contribution in [3.8, 4) is 11.1 Å². The molecule has 1 aliphatic rings. The molecule has 0 amide bonds. The zero-order valence-electron chi connectivity index (χ0n) is 19.4. The first-order valence-electron chi connectivity index (χ1n) is 11.7. The first-order chi connectivity index (χ1) is 16.7. The lowest BCUT2D eigenvalue weighted by Crippen LogP contribution is -2.28. The fraction of sp³-hybridized carbons (Fsp3) is 0.129. The van der Waals surface area contributed by atoms with E-state index in [2.05, 4.69) is 118 Å². The summed E-state index contributed by atoms with van der Waals surface area (Å²) in [5.74, 6) is 2.34. The van der Waals surface area contributed by atoms with Gasteiger partial charge in [0.25, 0.3) is 0 Å². The molecule has 0 fully saturated rings. The molecule has 0 spiro atoms. The lowest BCUT2D eigenvalue weighted by molar-refractivity contribution is 0.767. The second-order valence-corrected chi connectivity index (χ2v) is 8.93. The van der Waals surface area contributed by atoms with Crippen LogP contribution < -0.4 is 0 Å². The highest BCUT2D eigenvalue weighted by Gasteiger charge is 2.45. The highest BCUT2D eigenvalue weighted by Crippen LogP contribution is 2.56. The van der Waals surface area contributed by atoms with E-state index in [0.29, 0.717) is 6.42 Å². The molecule has 0 bridgehead atoms. The van der Waals surface area contributed by atoms with E-state index in [-0.39, 0.29) is 5.41 Å². The number of aryl methyl sites for hydroxylation is 2. The van der Waals surface area contributed by atoms with Crippen molar-refractivity contribution >= 4 is 0 Å². The molecule has 3 heteroatoms. The van der Waals surface area contributed by atoms with Crippen LogP contribution in [0, 0.1) is 13.8 Å². The minimum absolute atomic E-state index is 0.354. The molecule has 3 nitrogen and oxygen atoms in total. The van der Waals surface area contributed by atoms with E-state index in [1.54, 1.807) is 0 Å². The topological polar surface area (TPSA) is 38.7 Å². The van der Waals surface area contributed by atoms with Crippen molar-refractivity contribution in [3.05, 3.63) is 148 Å². The maximum atomic E-state index is 4.57. The molecule has 6 rings (SSSR count). The number of rotatable bonds is 4. The highest BCUT2D eigenvalue weighted by atomic mass is 15.0. The average molecular weight is 440 g/mol. The van der Waals surface area contributed by atoms with Gasteiger partial charge in [-0.15, -0.1) is 0 Å². The van der Waals surface area contributed by atoms with Crippen molar-refractivity contribution in [2.24, 2.45) is 0 Å². The Bertz CT molecular complexity index is 1430. The molecule has 1 heterocycles. The van der Waals surface area contributed by atoms with Crippen molar-refractivity contribution in [2.45, 2.75) is 25.7 Å². The Labute approximate surface area is 200 Å². The van der Waals surface area contributed by atoms with Gasteiger partial charge in [0.05, 0.1) is 5.41 Å². The maximum Gasteiger partial charge on any atom is 0.136 e. The smallest absolute Gasteiger partial charge is 0.136 e. The summed E-state index contributed by atoms with van der Waals surface area (Å²) in [5, 5.41) is 0. The molecule has 0 saturated carbocycles. The number of nitrogens with zero attached hydrogens (tertiary/aromatic N) is 3. The van der Waals surface area contributed by atoms with Gasteiger partial charge in [-0.05, 0) is 52.8 Å². The van der Waals surface area contributed by atoms with Crippen LogP contribution in [0.1, 0.15) is 45.3 Å². The Morgan fingerprint density at radius 2 is 1.12 bits per heavy atom. The normalized spacial score (nSPS) is 13.4. The first kappa shape index (κ1) is 20.5. The Morgan fingerprint density at radius 3 is 1.76 bits per heavy atom. The molecule has 0 atom stereocenters. The summed E-state index contributed by atoms with van der Waals surface area (Å²) in [6.45, 7) is 3.84. The van der Waals surface area contributed by atoms with E-state index in [0.717, 1.165) is 17.5 Å². The van der Waals surface area contributed by atoms with E-state index in [1.807, 2.05) is 13.8 Å². The van der Waals surface area contributed by atoms with Crippen LogP contribution in [0.4, 0.5) is 0 Å². The Hall–Kier alpha value is -4.11.